The van der Waals surface area contributed by atoms with Crippen molar-refractivity contribution < 1.29 is 8.78 Å². The van der Waals surface area contributed by atoms with E-state index in [2.05, 4.69) is 10.3 Å². The second-order valence-corrected chi connectivity index (χ2v) is 4.52. The Morgan fingerprint density at radius 3 is 2.47 bits per heavy atom. The van der Waals surface area contributed by atoms with Gasteiger partial charge in [0, 0.05) is 11.8 Å². The zero-order chi connectivity index (χ0) is 13.8. The van der Waals surface area contributed by atoms with Crippen molar-refractivity contribution in [2.75, 3.05) is 7.05 Å². The van der Waals surface area contributed by atoms with Crippen molar-refractivity contribution in [1.29, 1.82) is 0 Å². The van der Waals surface area contributed by atoms with E-state index in [0.717, 1.165) is 0 Å². The fourth-order valence-corrected chi connectivity index (χ4v) is 2.17. The molecule has 1 N–H and O–H groups in total. The normalized spacial score (nSPS) is 12.4. The summed E-state index contributed by atoms with van der Waals surface area (Å²) in [4.78, 5) is 4.17. The summed E-state index contributed by atoms with van der Waals surface area (Å²) in [5.41, 5.74) is 0.609. The average Bonchev–Trinajstić information content (AvgIpc) is 2.40. The summed E-state index contributed by atoms with van der Waals surface area (Å²) >= 11 is 6.05. The molecule has 19 heavy (non-hydrogen) atoms. The summed E-state index contributed by atoms with van der Waals surface area (Å²) < 4.78 is 27.3. The van der Waals surface area contributed by atoms with Crippen molar-refractivity contribution >= 4 is 11.6 Å². The quantitative estimate of drug-likeness (QED) is 0.928. The second-order valence-electron chi connectivity index (χ2n) is 4.12. The van der Waals surface area contributed by atoms with Gasteiger partial charge in [0.25, 0.3) is 0 Å². The van der Waals surface area contributed by atoms with Crippen LogP contribution in [-0.4, -0.2) is 12.0 Å². The zero-order valence-electron chi connectivity index (χ0n) is 10.3. The number of nitrogens with zero attached hydrogens (tertiary/aromatic N) is 1. The van der Waals surface area contributed by atoms with Crippen LogP contribution in [0, 0.1) is 11.6 Å². The summed E-state index contributed by atoms with van der Waals surface area (Å²) in [6.07, 6.45) is 1.75. The number of halogens is 3. The molecule has 2 aromatic rings. The monoisotopic (exact) mass is 282 g/mol. The molecule has 1 aromatic carbocycles. The molecule has 0 aliphatic heterocycles. The number of hydrogen-bond acceptors (Lipinski definition) is 2. The fourth-order valence-electron chi connectivity index (χ4n) is 1.92. The minimum Gasteiger partial charge on any atom is -0.311 e. The highest BCUT2D eigenvalue weighted by Crippen LogP contribution is 2.25. The first-order valence-corrected chi connectivity index (χ1v) is 6.22. The predicted octanol–water partition coefficient (Wildman–Crippen LogP) is 3.52. The number of benzene rings is 1. The number of pyridine rings is 1. The predicted molar refractivity (Wildman–Crippen MR) is 71.1 cm³/mol. The molecule has 0 bridgehead atoms. The van der Waals surface area contributed by atoms with E-state index in [1.807, 2.05) is 0 Å². The molecule has 0 amide bonds. The summed E-state index contributed by atoms with van der Waals surface area (Å²) in [6, 6.07) is 6.89. The maximum atomic E-state index is 13.6. The third kappa shape index (κ3) is 3.08. The van der Waals surface area contributed by atoms with Crippen LogP contribution in [0.3, 0.4) is 0 Å². The maximum absolute atomic E-state index is 13.6. The molecule has 5 heteroatoms. The standard InChI is InChI=1S/C14H13ClF2N2/c1-18-13(14-10(15)4-3-7-19-14)8-9-11(16)5-2-6-12(9)17/h2-7,13,18H,8H2,1H3. The van der Waals surface area contributed by atoms with Crippen LogP contribution in [0.1, 0.15) is 17.3 Å². The molecule has 2 rings (SSSR count). The molecule has 0 spiro atoms. The summed E-state index contributed by atoms with van der Waals surface area (Å²) in [7, 11) is 1.70. The Hall–Kier alpha value is -1.52. The van der Waals surface area contributed by atoms with E-state index >= 15 is 0 Å². The van der Waals surface area contributed by atoms with Gasteiger partial charge in [0.15, 0.2) is 0 Å². The molecule has 0 saturated heterocycles. The van der Waals surface area contributed by atoms with Crippen molar-refractivity contribution in [3.63, 3.8) is 0 Å². The minimum atomic E-state index is -0.563. The molecule has 0 fully saturated rings. The van der Waals surface area contributed by atoms with E-state index in [1.165, 1.54) is 18.2 Å². The lowest BCUT2D eigenvalue weighted by Gasteiger charge is -2.17. The average molecular weight is 283 g/mol. The van der Waals surface area contributed by atoms with Gasteiger partial charge in [0.05, 0.1) is 16.8 Å². The van der Waals surface area contributed by atoms with Crippen LogP contribution in [0.15, 0.2) is 36.5 Å². The van der Waals surface area contributed by atoms with Gasteiger partial charge >= 0.3 is 0 Å². The number of nitrogens with one attached hydrogen (secondary N) is 1. The van der Waals surface area contributed by atoms with Crippen LogP contribution in [0.4, 0.5) is 8.78 Å². The van der Waals surface area contributed by atoms with E-state index in [1.54, 1.807) is 25.4 Å². The molecule has 2 nitrogen and oxygen atoms in total. The van der Waals surface area contributed by atoms with Gasteiger partial charge < -0.3 is 5.32 Å². The number of aromatic nitrogens is 1. The number of rotatable bonds is 4. The van der Waals surface area contributed by atoms with E-state index in [9.17, 15) is 8.78 Å². The summed E-state index contributed by atoms with van der Waals surface area (Å²) in [5.74, 6) is -1.13. The molecule has 1 unspecified atom stereocenters. The van der Waals surface area contributed by atoms with Crippen LogP contribution >= 0.6 is 11.6 Å². The van der Waals surface area contributed by atoms with Gasteiger partial charge in [-0.2, -0.15) is 0 Å². The summed E-state index contributed by atoms with van der Waals surface area (Å²) in [5, 5.41) is 3.45. The molecule has 0 aliphatic carbocycles. The number of likely N-dealkylation sites (N-methyl/N-ethyl adjacent to an activating group) is 1. The van der Waals surface area contributed by atoms with E-state index in [4.69, 9.17) is 11.6 Å². The van der Waals surface area contributed by atoms with Gasteiger partial charge in [-0.15, -0.1) is 0 Å². The fraction of sp³-hybridized carbons (Fsp3) is 0.214. The highest BCUT2D eigenvalue weighted by molar-refractivity contribution is 6.31. The molecule has 0 radical (unpaired) electrons. The Morgan fingerprint density at radius 1 is 1.21 bits per heavy atom. The Kier molecular flexibility index (Phi) is 4.45. The van der Waals surface area contributed by atoms with Crippen LogP contribution < -0.4 is 5.32 Å². The van der Waals surface area contributed by atoms with Crippen LogP contribution in [0.5, 0.6) is 0 Å². The highest BCUT2D eigenvalue weighted by atomic mass is 35.5. The van der Waals surface area contributed by atoms with Gasteiger partial charge in [0.2, 0.25) is 0 Å². The van der Waals surface area contributed by atoms with Crippen LogP contribution in [0.2, 0.25) is 5.02 Å². The van der Waals surface area contributed by atoms with E-state index in [-0.39, 0.29) is 18.0 Å². The van der Waals surface area contributed by atoms with E-state index in [0.29, 0.717) is 10.7 Å². The van der Waals surface area contributed by atoms with E-state index < -0.39 is 11.6 Å². The molecule has 1 atom stereocenters. The lowest BCUT2D eigenvalue weighted by atomic mass is 10.0. The second kappa shape index (κ2) is 6.08. The topological polar surface area (TPSA) is 24.9 Å². The van der Waals surface area contributed by atoms with Gasteiger partial charge in [-0.3, -0.25) is 4.98 Å². The molecule has 1 heterocycles. The van der Waals surface area contributed by atoms with Gasteiger partial charge in [0.1, 0.15) is 11.6 Å². The Morgan fingerprint density at radius 2 is 1.89 bits per heavy atom. The molecular formula is C14H13ClF2N2. The molecule has 0 aliphatic rings. The molecular weight excluding hydrogens is 270 g/mol. The van der Waals surface area contributed by atoms with Gasteiger partial charge in [-0.25, -0.2) is 8.78 Å². The van der Waals surface area contributed by atoms with Crippen molar-refractivity contribution in [3.05, 3.63) is 64.4 Å². The lowest BCUT2D eigenvalue weighted by Crippen LogP contribution is -2.21. The Bertz CT molecular complexity index is 555. The molecule has 1 aromatic heterocycles. The minimum absolute atomic E-state index is 0.0311. The van der Waals surface area contributed by atoms with Crippen molar-refractivity contribution in [2.24, 2.45) is 0 Å². The van der Waals surface area contributed by atoms with Crippen LogP contribution in [0.25, 0.3) is 0 Å². The lowest BCUT2D eigenvalue weighted by molar-refractivity contribution is 0.509. The first-order valence-electron chi connectivity index (χ1n) is 5.84. The first-order chi connectivity index (χ1) is 9.13. The highest BCUT2D eigenvalue weighted by Gasteiger charge is 2.19. The molecule has 100 valence electrons. The summed E-state index contributed by atoms with van der Waals surface area (Å²) in [6.45, 7) is 0. The maximum Gasteiger partial charge on any atom is 0.129 e. The largest absolute Gasteiger partial charge is 0.311 e. The third-order valence-electron chi connectivity index (χ3n) is 2.94. The van der Waals surface area contributed by atoms with Crippen molar-refractivity contribution in [3.8, 4) is 0 Å². The van der Waals surface area contributed by atoms with Gasteiger partial charge in [-0.1, -0.05) is 17.7 Å². The van der Waals surface area contributed by atoms with Gasteiger partial charge in [-0.05, 0) is 37.7 Å². The SMILES string of the molecule is CNC(Cc1c(F)cccc1F)c1ncccc1Cl. The Labute approximate surface area is 115 Å². The Balaban J connectivity index is 2.32. The van der Waals surface area contributed by atoms with Crippen LogP contribution in [-0.2, 0) is 6.42 Å². The van der Waals surface area contributed by atoms with Crippen molar-refractivity contribution in [1.82, 2.24) is 10.3 Å². The first kappa shape index (κ1) is 13.9. The number of hydrogen-bond donors (Lipinski definition) is 1. The smallest absolute Gasteiger partial charge is 0.129 e. The zero-order valence-corrected chi connectivity index (χ0v) is 11.1. The third-order valence-corrected chi connectivity index (χ3v) is 3.26. The van der Waals surface area contributed by atoms with Crippen molar-refractivity contribution in [2.45, 2.75) is 12.5 Å². The molecule has 0 saturated carbocycles.